The van der Waals surface area contributed by atoms with Crippen LogP contribution in [0.15, 0.2) is 4.52 Å². The molecule has 0 atom stereocenters. The highest BCUT2D eigenvalue weighted by Crippen LogP contribution is 2.29. The first kappa shape index (κ1) is 20.8. The van der Waals surface area contributed by atoms with Crippen LogP contribution in [0.1, 0.15) is 94.7 Å². The van der Waals surface area contributed by atoms with Crippen molar-refractivity contribution in [3.05, 3.63) is 11.7 Å². The van der Waals surface area contributed by atoms with Crippen LogP contribution >= 0.6 is 0 Å². The highest BCUT2D eigenvalue weighted by atomic mass is 16.5. The van der Waals surface area contributed by atoms with Gasteiger partial charge >= 0.3 is 0 Å². The average Bonchev–Trinajstić information content (AvgIpc) is 3.27. The number of aromatic nitrogens is 2. The number of likely N-dealkylation sites (tertiary alicyclic amines) is 1. The van der Waals surface area contributed by atoms with Gasteiger partial charge in [0.1, 0.15) is 0 Å². The highest BCUT2D eigenvalue weighted by molar-refractivity contribution is 5.76. The SMILES string of the molecule is O=C(CCC1CCCCC1)N1CCC(CCc2noc(C3CCOCC3)n2)CC1. The Bertz CT molecular complexity index is 627. The summed E-state index contributed by atoms with van der Waals surface area (Å²) in [5, 5.41) is 4.20. The summed E-state index contributed by atoms with van der Waals surface area (Å²) in [6.07, 6.45) is 14.8. The molecule has 0 spiro atoms. The van der Waals surface area contributed by atoms with E-state index in [1.165, 1.54) is 32.1 Å². The molecule has 0 N–H and O–H groups in total. The second-order valence-electron chi connectivity index (χ2n) is 9.34. The van der Waals surface area contributed by atoms with Crippen LogP contribution in [0.5, 0.6) is 0 Å². The number of aryl methyl sites for hydroxylation is 1. The Hall–Kier alpha value is -1.43. The molecule has 1 saturated carbocycles. The van der Waals surface area contributed by atoms with Crippen molar-refractivity contribution >= 4 is 5.91 Å². The van der Waals surface area contributed by atoms with Gasteiger partial charge < -0.3 is 14.2 Å². The van der Waals surface area contributed by atoms with Crippen LogP contribution in [0.25, 0.3) is 0 Å². The fraction of sp³-hybridized carbons (Fsp3) is 0.870. The first-order chi connectivity index (χ1) is 14.3. The van der Waals surface area contributed by atoms with Gasteiger partial charge in [-0.3, -0.25) is 4.79 Å². The lowest BCUT2D eigenvalue weighted by atomic mass is 9.86. The third-order valence-corrected chi connectivity index (χ3v) is 7.29. The molecule has 1 aromatic heterocycles. The van der Waals surface area contributed by atoms with Crippen molar-refractivity contribution in [1.82, 2.24) is 15.0 Å². The average molecular weight is 404 g/mol. The molecule has 1 amide bonds. The van der Waals surface area contributed by atoms with Gasteiger partial charge in [-0.1, -0.05) is 37.3 Å². The molecule has 3 fully saturated rings. The van der Waals surface area contributed by atoms with E-state index in [0.717, 1.165) is 95.3 Å². The summed E-state index contributed by atoms with van der Waals surface area (Å²) in [5.74, 6) is 3.86. The number of amides is 1. The van der Waals surface area contributed by atoms with E-state index in [1.807, 2.05) is 0 Å². The summed E-state index contributed by atoms with van der Waals surface area (Å²) in [5.41, 5.74) is 0. The molecule has 0 unspecified atom stereocenters. The van der Waals surface area contributed by atoms with Crippen LogP contribution in [-0.2, 0) is 16.0 Å². The molecular formula is C23H37N3O3. The zero-order chi connectivity index (χ0) is 19.9. The van der Waals surface area contributed by atoms with E-state index in [9.17, 15) is 4.79 Å². The van der Waals surface area contributed by atoms with Crippen LogP contribution in [-0.4, -0.2) is 47.3 Å². The van der Waals surface area contributed by atoms with E-state index < -0.39 is 0 Å². The molecule has 29 heavy (non-hydrogen) atoms. The summed E-state index contributed by atoms with van der Waals surface area (Å²) in [4.78, 5) is 19.3. The van der Waals surface area contributed by atoms with Gasteiger partial charge in [0.2, 0.25) is 11.8 Å². The molecule has 6 heteroatoms. The van der Waals surface area contributed by atoms with Crippen molar-refractivity contribution in [3.63, 3.8) is 0 Å². The Morgan fingerprint density at radius 1 is 0.931 bits per heavy atom. The third kappa shape index (κ3) is 6.03. The number of carbonyl (C=O) groups excluding carboxylic acids is 1. The molecule has 2 aliphatic heterocycles. The number of hydrogen-bond acceptors (Lipinski definition) is 5. The number of carbonyl (C=O) groups is 1. The fourth-order valence-corrected chi connectivity index (χ4v) is 5.25. The highest BCUT2D eigenvalue weighted by Gasteiger charge is 2.25. The Balaban J connectivity index is 1.13. The predicted octanol–water partition coefficient (Wildman–Crippen LogP) is 4.50. The molecule has 3 heterocycles. The normalized spacial score (nSPS) is 22.8. The van der Waals surface area contributed by atoms with Gasteiger partial charge in [-0.25, -0.2) is 0 Å². The lowest BCUT2D eigenvalue weighted by Gasteiger charge is -2.32. The first-order valence-electron chi connectivity index (χ1n) is 12.0. The molecule has 1 aromatic rings. The van der Waals surface area contributed by atoms with Gasteiger partial charge in [0.25, 0.3) is 0 Å². The lowest BCUT2D eigenvalue weighted by molar-refractivity contribution is -0.133. The van der Waals surface area contributed by atoms with E-state index >= 15 is 0 Å². The van der Waals surface area contributed by atoms with Gasteiger partial charge in [-0.2, -0.15) is 4.98 Å². The van der Waals surface area contributed by atoms with Crippen molar-refractivity contribution in [3.8, 4) is 0 Å². The summed E-state index contributed by atoms with van der Waals surface area (Å²) < 4.78 is 10.9. The maximum Gasteiger partial charge on any atom is 0.229 e. The van der Waals surface area contributed by atoms with Crippen LogP contribution < -0.4 is 0 Å². The largest absolute Gasteiger partial charge is 0.381 e. The summed E-state index contributed by atoms with van der Waals surface area (Å²) in [6.45, 7) is 3.43. The predicted molar refractivity (Wildman–Crippen MR) is 111 cm³/mol. The summed E-state index contributed by atoms with van der Waals surface area (Å²) >= 11 is 0. The van der Waals surface area contributed by atoms with E-state index in [-0.39, 0.29) is 0 Å². The van der Waals surface area contributed by atoms with Gasteiger partial charge in [-0.05, 0) is 50.4 Å². The monoisotopic (exact) mass is 403 g/mol. The van der Waals surface area contributed by atoms with Crippen LogP contribution in [0.3, 0.4) is 0 Å². The standard InChI is InChI=1S/C23H37N3O3/c27-22(9-7-18-4-2-1-3-5-18)26-14-10-19(11-15-26)6-8-21-24-23(29-25-21)20-12-16-28-17-13-20/h18-20H,1-17H2. The Labute approximate surface area is 174 Å². The molecule has 162 valence electrons. The lowest BCUT2D eigenvalue weighted by Crippen LogP contribution is -2.38. The van der Waals surface area contributed by atoms with Crippen molar-refractivity contribution in [2.24, 2.45) is 11.8 Å². The van der Waals surface area contributed by atoms with E-state index in [4.69, 9.17) is 9.26 Å². The van der Waals surface area contributed by atoms with E-state index in [1.54, 1.807) is 0 Å². The van der Waals surface area contributed by atoms with Crippen LogP contribution in [0.4, 0.5) is 0 Å². The first-order valence-corrected chi connectivity index (χ1v) is 12.0. The molecule has 1 aliphatic carbocycles. The van der Waals surface area contributed by atoms with Crippen molar-refractivity contribution in [1.29, 1.82) is 0 Å². The van der Waals surface area contributed by atoms with Crippen molar-refractivity contribution < 1.29 is 14.1 Å². The number of hydrogen-bond donors (Lipinski definition) is 0. The molecule has 4 rings (SSSR count). The smallest absolute Gasteiger partial charge is 0.229 e. The quantitative estimate of drug-likeness (QED) is 0.671. The minimum atomic E-state index is 0.368. The zero-order valence-electron chi connectivity index (χ0n) is 17.8. The molecular weight excluding hydrogens is 366 g/mol. The molecule has 0 bridgehead atoms. The minimum absolute atomic E-state index is 0.368. The Morgan fingerprint density at radius 2 is 1.66 bits per heavy atom. The van der Waals surface area contributed by atoms with Crippen LogP contribution in [0.2, 0.25) is 0 Å². The topological polar surface area (TPSA) is 68.5 Å². The van der Waals surface area contributed by atoms with Gasteiger partial charge in [0.15, 0.2) is 5.82 Å². The third-order valence-electron chi connectivity index (χ3n) is 7.29. The van der Waals surface area contributed by atoms with Gasteiger partial charge in [-0.15, -0.1) is 0 Å². The molecule has 2 saturated heterocycles. The maximum atomic E-state index is 12.6. The summed E-state index contributed by atoms with van der Waals surface area (Å²) in [7, 11) is 0. The van der Waals surface area contributed by atoms with Gasteiger partial charge in [0, 0.05) is 45.1 Å². The molecule has 0 aromatic carbocycles. The summed E-state index contributed by atoms with van der Waals surface area (Å²) in [6, 6.07) is 0. The number of nitrogens with zero attached hydrogens (tertiary/aromatic N) is 3. The number of rotatable bonds is 7. The van der Waals surface area contributed by atoms with E-state index in [2.05, 4.69) is 15.0 Å². The molecule has 3 aliphatic rings. The zero-order valence-corrected chi connectivity index (χ0v) is 17.8. The second-order valence-corrected chi connectivity index (χ2v) is 9.34. The maximum absolute atomic E-state index is 12.6. The second kappa shape index (κ2) is 10.6. The number of ether oxygens (including phenoxy) is 1. The Kier molecular flexibility index (Phi) is 7.58. The fourth-order valence-electron chi connectivity index (χ4n) is 5.25. The molecule has 0 radical (unpaired) electrons. The minimum Gasteiger partial charge on any atom is -0.381 e. The number of piperidine rings is 1. The Morgan fingerprint density at radius 3 is 2.41 bits per heavy atom. The van der Waals surface area contributed by atoms with Crippen molar-refractivity contribution in [2.75, 3.05) is 26.3 Å². The van der Waals surface area contributed by atoms with E-state index in [0.29, 0.717) is 17.7 Å². The van der Waals surface area contributed by atoms with Gasteiger partial charge in [0.05, 0.1) is 0 Å². The van der Waals surface area contributed by atoms with Crippen molar-refractivity contribution in [2.45, 2.75) is 89.4 Å². The van der Waals surface area contributed by atoms with Crippen LogP contribution in [0, 0.1) is 11.8 Å². The molecule has 6 nitrogen and oxygen atoms in total.